The van der Waals surface area contributed by atoms with Gasteiger partial charge in [0.15, 0.2) is 0 Å². The normalized spacial score (nSPS) is 15.8. The van der Waals surface area contributed by atoms with E-state index in [0.717, 1.165) is 18.5 Å². The highest BCUT2D eigenvalue weighted by atomic mass is 32.1. The molecule has 2 amide bonds. The lowest BCUT2D eigenvalue weighted by Gasteiger charge is -2.36. The molecule has 7 heteroatoms. The number of thiophene rings is 1. The molecule has 0 atom stereocenters. The first kappa shape index (κ1) is 19.4. The fourth-order valence-electron chi connectivity index (χ4n) is 3.21. The number of anilines is 2. The van der Waals surface area contributed by atoms with E-state index >= 15 is 0 Å². The van der Waals surface area contributed by atoms with Crippen LogP contribution in [0.1, 0.15) is 17.7 Å². The van der Waals surface area contributed by atoms with Crippen LogP contribution < -0.4 is 15.5 Å². The SMILES string of the molecule is CN(C)c1ccc(NC(=O)C(=O)NCC2(c3cccs3)CCOCC2)cc1. The monoisotopic (exact) mass is 387 g/mol. The molecule has 0 saturated carbocycles. The van der Waals surface area contributed by atoms with Gasteiger partial charge in [0.05, 0.1) is 0 Å². The van der Waals surface area contributed by atoms with Crippen LogP contribution in [-0.4, -0.2) is 45.7 Å². The molecule has 0 bridgehead atoms. The van der Waals surface area contributed by atoms with Crippen LogP contribution in [0.15, 0.2) is 41.8 Å². The molecule has 2 N–H and O–H groups in total. The molecule has 3 rings (SSSR count). The minimum atomic E-state index is -0.652. The molecule has 1 aliphatic heterocycles. The van der Waals surface area contributed by atoms with Crippen LogP contribution in [0.2, 0.25) is 0 Å². The average Bonchev–Trinajstić information content (AvgIpc) is 3.23. The molecule has 27 heavy (non-hydrogen) atoms. The Morgan fingerprint density at radius 1 is 1.11 bits per heavy atom. The summed E-state index contributed by atoms with van der Waals surface area (Å²) >= 11 is 1.68. The third kappa shape index (κ3) is 4.67. The van der Waals surface area contributed by atoms with Gasteiger partial charge in [-0.15, -0.1) is 11.3 Å². The van der Waals surface area contributed by atoms with Crippen molar-refractivity contribution in [3.8, 4) is 0 Å². The van der Waals surface area contributed by atoms with Crippen LogP contribution >= 0.6 is 11.3 Å². The van der Waals surface area contributed by atoms with Gasteiger partial charge in [-0.1, -0.05) is 6.07 Å². The lowest BCUT2D eigenvalue weighted by atomic mass is 9.78. The first-order chi connectivity index (χ1) is 13.0. The van der Waals surface area contributed by atoms with Crippen LogP contribution in [0.25, 0.3) is 0 Å². The zero-order chi connectivity index (χ0) is 19.3. The molecule has 2 heterocycles. The van der Waals surface area contributed by atoms with Crippen molar-refractivity contribution in [2.24, 2.45) is 0 Å². The van der Waals surface area contributed by atoms with E-state index in [4.69, 9.17) is 4.74 Å². The summed E-state index contributed by atoms with van der Waals surface area (Å²) in [5.74, 6) is -1.27. The second-order valence-electron chi connectivity index (χ2n) is 6.95. The number of rotatable bonds is 5. The van der Waals surface area contributed by atoms with Crippen molar-refractivity contribution in [1.29, 1.82) is 0 Å². The average molecular weight is 388 g/mol. The second-order valence-corrected chi connectivity index (χ2v) is 7.90. The number of nitrogens with one attached hydrogen (secondary N) is 2. The van der Waals surface area contributed by atoms with Crippen molar-refractivity contribution in [2.45, 2.75) is 18.3 Å². The van der Waals surface area contributed by atoms with Crippen LogP contribution in [0.4, 0.5) is 11.4 Å². The maximum absolute atomic E-state index is 12.3. The molecule has 0 spiro atoms. The minimum absolute atomic E-state index is 0.157. The maximum Gasteiger partial charge on any atom is 0.313 e. The quantitative estimate of drug-likeness (QED) is 0.774. The first-order valence-electron chi connectivity index (χ1n) is 8.98. The van der Waals surface area contributed by atoms with Crippen LogP contribution in [0, 0.1) is 0 Å². The molecule has 0 aliphatic carbocycles. The van der Waals surface area contributed by atoms with Gasteiger partial charge in [-0.3, -0.25) is 9.59 Å². The number of hydrogen-bond donors (Lipinski definition) is 2. The zero-order valence-corrected chi connectivity index (χ0v) is 16.5. The highest BCUT2D eigenvalue weighted by Gasteiger charge is 2.36. The summed E-state index contributed by atoms with van der Waals surface area (Å²) in [7, 11) is 3.89. The molecule has 1 fully saturated rings. The molecule has 0 radical (unpaired) electrons. The van der Waals surface area contributed by atoms with E-state index in [9.17, 15) is 9.59 Å². The van der Waals surface area contributed by atoms with Gasteiger partial charge in [0.1, 0.15) is 0 Å². The summed E-state index contributed by atoms with van der Waals surface area (Å²) in [6, 6.07) is 11.5. The van der Waals surface area contributed by atoms with E-state index in [-0.39, 0.29) is 5.41 Å². The van der Waals surface area contributed by atoms with Gasteiger partial charge >= 0.3 is 11.8 Å². The molecule has 0 unspecified atom stereocenters. The Morgan fingerprint density at radius 2 is 1.81 bits per heavy atom. The van der Waals surface area contributed by atoms with Gasteiger partial charge in [0, 0.05) is 55.5 Å². The highest BCUT2D eigenvalue weighted by Crippen LogP contribution is 2.36. The second kappa shape index (κ2) is 8.54. The van der Waals surface area contributed by atoms with Crippen LogP contribution in [0.3, 0.4) is 0 Å². The summed E-state index contributed by atoms with van der Waals surface area (Å²) in [6.07, 6.45) is 1.67. The molecular weight excluding hydrogens is 362 g/mol. The van der Waals surface area contributed by atoms with Gasteiger partial charge in [-0.25, -0.2) is 0 Å². The van der Waals surface area contributed by atoms with Gasteiger partial charge in [-0.05, 0) is 48.6 Å². The Hall–Kier alpha value is -2.38. The van der Waals surface area contributed by atoms with Gasteiger partial charge in [0.2, 0.25) is 0 Å². The van der Waals surface area contributed by atoms with Gasteiger partial charge in [0.25, 0.3) is 0 Å². The van der Waals surface area contributed by atoms with Crippen molar-refractivity contribution in [3.05, 3.63) is 46.7 Å². The van der Waals surface area contributed by atoms with Crippen LogP contribution in [-0.2, 0) is 19.7 Å². The summed E-state index contributed by atoms with van der Waals surface area (Å²) in [6.45, 7) is 1.76. The third-order valence-electron chi connectivity index (χ3n) is 4.93. The summed E-state index contributed by atoms with van der Waals surface area (Å²) < 4.78 is 5.49. The van der Waals surface area contributed by atoms with E-state index in [1.54, 1.807) is 23.5 Å². The number of amides is 2. The standard InChI is InChI=1S/C20H25N3O3S/c1-23(2)16-7-5-15(6-8-16)22-19(25)18(24)21-14-20(9-11-26-12-10-20)17-4-3-13-27-17/h3-8,13H,9-12,14H2,1-2H3,(H,21,24)(H,22,25). The van der Waals surface area contributed by atoms with Crippen molar-refractivity contribution >= 4 is 34.5 Å². The number of nitrogens with zero attached hydrogens (tertiary/aromatic N) is 1. The summed E-state index contributed by atoms with van der Waals surface area (Å²) in [5, 5.41) is 7.51. The number of benzene rings is 1. The fourth-order valence-corrected chi connectivity index (χ4v) is 4.20. The fraction of sp³-hybridized carbons (Fsp3) is 0.400. The number of ether oxygens (including phenoxy) is 1. The third-order valence-corrected chi connectivity index (χ3v) is 6.05. The molecular formula is C20H25N3O3S. The number of carbonyl (C=O) groups excluding carboxylic acids is 2. The molecule has 144 valence electrons. The lowest BCUT2D eigenvalue weighted by molar-refractivity contribution is -0.136. The van der Waals surface area contributed by atoms with Crippen molar-refractivity contribution in [2.75, 3.05) is 44.1 Å². The largest absolute Gasteiger partial charge is 0.381 e. The van der Waals surface area contributed by atoms with E-state index in [0.29, 0.717) is 25.4 Å². The Balaban J connectivity index is 1.59. The summed E-state index contributed by atoms with van der Waals surface area (Å²) in [4.78, 5) is 27.8. The highest BCUT2D eigenvalue weighted by molar-refractivity contribution is 7.10. The number of carbonyl (C=O) groups is 2. The van der Waals surface area contributed by atoms with E-state index in [1.807, 2.05) is 42.6 Å². The maximum atomic E-state index is 12.3. The molecule has 1 saturated heterocycles. The van der Waals surface area contributed by atoms with Gasteiger partial charge < -0.3 is 20.3 Å². The van der Waals surface area contributed by atoms with Crippen LogP contribution in [0.5, 0.6) is 0 Å². The molecule has 1 aromatic heterocycles. The first-order valence-corrected chi connectivity index (χ1v) is 9.86. The molecule has 1 aromatic carbocycles. The lowest BCUT2D eigenvalue weighted by Crippen LogP contribution is -2.46. The Labute approximate surface area is 163 Å². The Bertz CT molecular complexity index is 766. The van der Waals surface area contributed by atoms with Crippen molar-refractivity contribution in [3.63, 3.8) is 0 Å². The van der Waals surface area contributed by atoms with Crippen molar-refractivity contribution in [1.82, 2.24) is 5.32 Å². The van der Waals surface area contributed by atoms with E-state index in [2.05, 4.69) is 16.7 Å². The minimum Gasteiger partial charge on any atom is -0.381 e. The number of hydrogen-bond acceptors (Lipinski definition) is 5. The predicted molar refractivity (Wildman–Crippen MR) is 108 cm³/mol. The van der Waals surface area contributed by atoms with Crippen molar-refractivity contribution < 1.29 is 14.3 Å². The smallest absolute Gasteiger partial charge is 0.313 e. The van der Waals surface area contributed by atoms with Gasteiger partial charge in [-0.2, -0.15) is 0 Å². The van der Waals surface area contributed by atoms with E-state index in [1.165, 1.54) is 4.88 Å². The zero-order valence-electron chi connectivity index (χ0n) is 15.7. The molecule has 1 aliphatic rings. The Kier molecular flexibility index (Phi) is 6.13. The topological polar surface area (TPSA) is 70.7 Å². The van der Waals surface area contributed by atoms with E-state index < -0.39 is 11.8 Å². The molecule has 2 aromatic rings. The predicted octanol–water partition coefficient (Wildman–Crippen LogP) is 2.62. The Morgan fingerprint density at radius 3 is 2.41 bits per heavy atom. The molecule has 6 nitrogen and oxygen atoms in total. The summed E-state index contributed by atoms with van der Waals surface area (Å²) in [5.41, 5.74) is 1.46.